The standard InChI is InChI=1S/C17H30BrNO2Si/c1-17(2,3)22(4,5)21-11-7-9-13-14(16(19)12-20)8-6-10-15(13)18/h6,8,10,16,20H,7,9,11-12,19H2,1-5H3/t16-/m1/s1. The van der Waals surface area contributed by atoms with Crippen molar-refractivity contribution in [3.63, 3.8) is 0 Å². The molecule has 0 heterocycles. The van der Waals surface area contributed by atoms with Crippen molar-refractivity contribution in [2.75, 3.05) is 13.2 Å². The molecule has 0 unspecified atom stereocenters. The molecule has 0 saturated carbocycles. The molecule has 0 aromatic heterocycles. The SMILES string of the molecule is CC(C)(C)[Si](C)(C)OCCCc1c(Br)cccc1[C@H](N)CO. The first-order chi connectivity index (χ1) is 10.1. The summed E-state index contributed by atoms with van der Waals surface area (Å²) < 4.78 is 7.28. The van der Waals surface area contributed by atoms with E-state index in [1.165, 1.54) is 5.56 Å². The van der Waals surface area contributed by atoms with Gasteiger partial charge in [-0.3, -0.25) is 0 Å². The van der Waals surface area contributed by atoms with Crippen LogP contribution in [0, 0.1) is 0 Å². The molecular weight excluding hydrogens is 358 g/mol. The minimum atomic E-state index is -1.68. The molecule has 126 valence electrons. The van der Waals surface area contributed by atoms with Gasteiger partial charge >= 0.3 is 0 Å². The van der Waals surface area contributed by atoms with Crippen molar-refractivity contribution in [3.8, 4) is 0 Å². The van der Waals surface area contributed by atoms with E-state index in [4.69, 9.17) is 10.2 Å². The number of hydrogen-bond donors (Lipinski definition) is 2. The third kappa shape index (κ3) is 5.17. The number of halogens is 1. The van der Waals surface area contributed by atoms with Crippen molar-refractivity contribution in [1.29, 1.82) is 0 Å². The fourth-order valence-corrected chi connectivity index (χ4v) is 3.75. The molecule has 1 rings (SSSR count). The van der Waals surface area contributed by atoms with Gasteiger partial charge in [0.05, 0.1) is 12.6 Å². The van der Waals surface area contributed by atoms with Gasteiger partial charge in [0.1, 0.15) is 0 Å². The van der Waals surface area contributed by atoms with E-state index in [0.717, 1.165) is 29.5 Å². The monoisotopic (exact) mass is 387 g/mol. The van der Waals surface area contributed by atoms with Gasteiger partial charge < -0.3 is 15.3 Å². The predicted molar refractivity (Wildman–Crippen MR) is 99.6 cm³/mol. The van der Waals surface area contributed by atoms with Crippen LogP contribution in [0.1, 0.15) is 44.4 Å². The minimum Gasteiger partial charge on any atom is -0.417 e. The average molecular weight is 388 g/mol. The van der Waals surface area contributed by atoms with Crippen LogP contribution in [0.15, 0.2) is 22.7 Å². The number of aliphatic hydroxyl groups is 1. The Morgan fingerprint density at radius 3 is 2.50 bits per heavy atom. The van der Waals surface area contributed by atoms with Gasteiger partial charge in [-0.25, -0.2) is 0 Å². The normalized spacial score (nSPS) is 14.2. The molecule has 1 aromatic rings. The molecule has 0 saturated heterocycles. The summed E-state index contributed by atoms with van der Waals surface area (Å²) in [6, 6.07) is 5.66. The lowest BCUT2D eigenvalue weighted by Crippen LogP contribution is -2.41. The van der Waals surface area contributed by atoms with Crippen molar-refractivity contribution in [2.24, 2.45) is 5.73 Å². The number of rotatable bonds is 7. The van der Waals surface area contributed by atoms with Crippen molar-refractivity contribution >= 4 is 24.2 Å². The molecule has 0 spiro atoms. The Bertz CT molecular complexity index is 486. The number of aliphatic hydroxyl groups excluding tert-OH is 1. The molecule has 0 amide bonds. The van der Waals surface area contributed by atoms with E-state index in [-0.39, 0.29) is 17.7 Å². The van der Waals surface area contributed by atoms with E-state index in [9.17, 15) is 5.11 Å². The van der Waals surface area contributed by atoms with Crippen molar-refractivity contribution in [1.82, 2.24) is 0 Å². The van der Waals surface area contributed by atoms with E-state index < -0.39 is 8.32 Å². The summed E-state index contributed by atoms with van der Waals surface area (Å²) in [7, 11) is -1.68. The molecule has 1 atom stereocenters. The quantitative estimate of drug-likeness (QED) is 0.538. The maximum atomic E-state index is 9.31. The lowest BCUT2D eigenvalue weighted by Gasteiger charge is -2.36. The highest BCUT2D eigenvalue weighted by Crippen LogP contribution is 2.36. The summed E-state index contributed by atoms with van der Waals surface area (Å²) in [6.45, 7) is 12.1. The van der Waals surface area contributed by atoms with Crippen LogP contribution >= 0.6 is 15.9 Å². The van der Waals surface area contributed by atoms with Gasteiger partial charge in [-0.05, 0) is 48.2 Å². The Morgan fingerprint density at radius 2 is 1.95 bits per heavy atom. The van der Waals surface area contributed by atoms with Crippen LogP contribution in [0.4, 0.5) is 0 Å². The Hall–Kier alpha value is -0.203. The zero-order valence-corrected chi connectivity index (χ0v) is 17.0. The highest BCUT2D eigenvalue weighted by Gasteiger charge is 2.36. The summed E-state index contributed by atoms with van der Waals surface area (Å²) in [5, 5.41) is 9.55. The Kier molecular flexibility index (Phi) is 7.27. The highest BCUT2D eigenvalue weighted by atomic mass is 79.9. The molecule has 0 aliphatic heterocycles. The van der Waals surface area contributed by atoms with Gasteiger partial charge in [-0.2, -0.15) is 0 Å². The second-order valence-corrected chi connectivity index (χ2v) is 13.0. The topological polar surface area (TPSA) is 55.5 Å². The molecule has 0 aliphatic carbocycles. The van der Waals surface area contributed by atoms with Gasteiger partial charge in [0, 0.05) is 11.1 Å². The zero-order valence-electron chi connectivity index (χ0n) is 14.4. The van der Waals surface area contributed by atoms with Crippen molar-refractivity contribution < 1.29 is 9.53 Å². The second kappa shape index (κ2) is 8.06. The molecule has 3 nitrogen and oxygen atoms in total. The van der Waals surface area contributed by atoms with Gasteiger partial charge in [-0.1, -0.05) is 48.8 Å². The molecule has 1 aromatic carbocycles. The largest absolute Gasteiger partial charge is 0.417 e. The minimum absolute atomic E-state index is 0.0378. The molecule has 3 N–H and O–H groups in total. The van der Waals surface area contributed by atoms with Crippen molar-refractivity contribution in [3.05, 3.63) is 33.8 Å². The summed E-state index contributed by atoms with van der Waals surface area (Å²) >= 11 is 3.60. The molecule has 0 fully saturated rings. The predicted octanol–water partition coefficient (Wildman–Crippen LogP) is 4.40. The smallest absolute Gasteiger partial charge is 0.191 e. The van der Waals surface area contributed by atoms with E-state index in [1.807, 2.05) is 18.2 Å². The van der Waals surface area contributed by atoms with Crippen LogP contribution < -0.4 is 5.73 Å². The van der Waals surface area contributed by atoms with Crippen LogP contribution in [-0.4, -0.2) is 26.6 Å². The third-order valence-electron chi connectivity index (χ3n) is 4.59. The first-order valence-electron chi connectivity index (χ1n) is 7.88. The maximum Gasteiger partial charge on any atom is 0.191 e. The third-order valence-corrected chi connectivity index (χ3v) is 9.87. The van der Waals surface area contributed by atoms with Gasteiger partial charge in [0.2, 0.25) is 0 Å². The fraction of sp³-hybridized carbons (Fsp3) is 0.647. The second-order valence-electron chi connectivity index (χ2n) is 7.31. The summed E-state index contributed by atoms with van der Waals surface area (Å²) in [5.74, 6) is 0. The van der Waals surface area contributed by atoms with Crippen molar-refractivity contribution in [2.45, 2.75) is 57.8 Å². The Morgan fingerprint density at radius 1 is 1.32 bits per heavy atom. The molecule has 5 heteroatoms. The maximum absolute atomic E-state index is 9.31. The first kappa shape index (κ1) is 19.8. The van der Waals surface area contributed by atoms with Gasteiger partial charge in [0.15, 0.2) is 8.32 Å². The molecule has 0 bridgehead atoms. The number of benzene rings is 1. The Balaban J connectivity index is 2.66. The lowest BCUT2D eigenvalue weighted by molar-refractivity contribution is 0.266. The molecule has 0 radical (unpaired) electrons. The van der Waals surface area contributed by atoms with E-state index in [0.29, 0.717) is 0 Å². The molecular formula is C17H30BrNO2Si. The number of hydrogen-bond acceptors (Lipinski definition) is 3. The van der Waals surface area contributed by atoms with Crippen LogP contribution in [-0.2, 0) is 10.8 Å². The van der Waals surface area contributed by atoms with Crippen LogP contribution in [0.2, 0.25) is 18.1 Å². The van der Waals surface area contributed by atoms with Gasteiger partial charge in [-0.15, -0.1) is 0 Å². The summed E-state index contributed by atoms with van der Waals surface area (Å²) in [5.41, 5.74) is 8.20. The molecule has 0 aliphatic rings. The van der Waals surface area contributed by atoms with Crippen LogP contribution in [0.5, 0.6) is 0 Å². The van der Waals surface area contributed by atoms with E-state index >= 15 is 0 Å². The molecule has 22 heavy (non-hydrogen) atoms. The number of nitrogens with two attached hydrogens (primary N) is 1. The first-order valence-corrected chi connectivity index (χ1v) is 11.6. The zero-order chi connectivity index (χ0) is 17.0. The Labute approximate surface area is 144 Å². The van der Waals surface area contributed by atoms with Gasteiger partial charge in [0.25, 0.3) is 0 Å². The van der Waals surface area contributed by atoms with E-state index in [2.05, 4.69) is 49.8 Å². The summed E-state index contributed by atoms with van der Waals surface area (Å²) in [4.78, 5) is 0. The lowest BCUT2D eigenvalue weighted by atomic mass is 9.98. The average Bonchev–Trinajstić information content (AvgIpc) is 2.42. The highest BCUT2D eigenvalue weighted by molar-refractivity contribution is 9.10. The van der Waals surface area contributed by atoms with Crippen LogP contribution in [0.3, 0.4) is 0 Å². The fourth-order valence-electron chi connectivity index (χ4n) is 2.08. The van der Waals surface area contributed by atoms with E-state index in [1.54, 1.807) is 0 Å². The summed E-state index contributed by atoms with van der Waals surface area (Å²) in [6.07, 6.45) is 1.86. The van der Waals surface area contributed by atoms with Crippen LogP contribution in [0.25, 0.3) is 0 Å².